The van der Waals surface area contributed by atoms with Gasteiger partial charge in [0.25, 0.3) is 0 Å². The van der Waals surface area contributed by atoms with Crippen molar-refractivity contribution in [3.05, 3.63) is 23.9 Å². The average Bonchev–Trinajstić information content (AvgIpc) is 3.05. The van der Waals surface area contributed by atoms with Crippen LogP contribution in [0.25, 0.3) is 0 Å². The van der Waals surface area contributed by atoms with Crippen molar-refractivity contribution in [3.8, 4) is 0 Å². The summed E-state index contributed by atoms with van der Waals surface area (Å²) in [5.74, 6) is 0. The number of hydrogen-bond donors (Lipinski definition) is 1. The van der Waals surface area contributed by atoms with Crippen LogP contribution in [0.5, 0.6) is 0 Å². The van der Waals surface area contributed by atoms with Gasteiger partial charge in [-0.15, -0.1) is 11.8 Å². The number of rotatable bonds is 5. The molecule has 0 atom stereocenters. The van der Waals surface area contributed by atoms with Gasteiger partial charge >= 0.3 is 0 Å². The summed E-state index contributed by atoms with van der Waals surface area (Å²) in [6, 6.07) is 5.06. The summed E-state index contributed by atoms with van der Waals surface area (Å²) in [6.45, 7) is 0.994. The molecule has 92 valence electrons. The molecule has 0 bridgehead atoms. The molecule has 2 aliphatic carbocycles. The number of nitrogens with zero attached hydrogens (tertiary/aromatic N) is 1. The van der Waals surface area contributed by atoms with Gasteiger partial charge in [0.15, 0.2) is 0 Å². The standard InChI is InChI=1S/C14H20N2S/c1-2-6-13(5-1)17-14-11(4-3-9-15-14)10-16-12-7-8-12/h3-4,9,12-13,16H,1-2,5-8,10H2. The molecule has 17 heavy (non-hydrogen) atoms. The molecule has 3 rings (SSSR count). The molecule has 1 aromatic rings. The predicted octanol–water partition coefficient (Wildman–Crippen LogP) is 3.37. The molecule has 3 heteroatoms. The lowest BCUT2D eigenvalue weighted by molar-refractivity contribution is 0.675. The van der Waals surface area contributed by atoms with Gasteiger partial charge in [0.1, 0.15) is 5.03 Å². The molecule has 2 fully saturated rings. The highest BCUT2D eigenvalue weighted by atomic mass is 32.2. The molecule has 1 aromatic heterocycles. The van der Waals surface area contributed by atoms with Gasteiger partial charge in [-0.25, -0.2) is 4.98 Å². The van der Waals surface area contributed by atoms with E-state index in [1.165, 1.54) is 49.1 Å². The molecule has 2 aliphatic rings. The first-order chi connectivity index (χ1) is 8.42. The predicted molar refractivity (Wildman–Crippen MR) is 72.2 cm³/mol. The maximum atomic E-state index is 4.56. The molecule has 0 aliphatic heterocycles. The Labute approximate surface area is 108 Å². The Balaban J connectivity index is 1.63. The highest BCUT2D eigenvalue weighted by molar-refractivity contribution is 7.99. The third-order valence-corrected chi connectivity index (χ3v) is 4.98. The topological polar surface area (TPSA) is 24.9 Å². The van der Waals surface area contributed by atoms with Gasteiger partial charge in [0.05, 0.1) is 0 Å². The average molecular weight is 248 g/mol. The van der Waals surface area contributed by atoms with E-state index in [1.54, 1.807) is 0 Å². The Morgan fingerprint density at radius 2 is 2.06 bits per heavy atom. The lowest BCUT2D eigenvalue weighted by atomic mass is 10.3. The van der Waals surface area contributed by atoms with E-state index in [-0.39, 0.29) is 0 Å². The Kier molecular flexibility index (Phi) is 3.67. The normalized spacial score (nSPS) is 20.9. The summed E-state index contributed by atoms with van der Waals surface area (Å²) in [4.78, 5) is 4.56. The first kappa shape index (κ1) is 11.5. The zero-order valence-electron chi connectivity index (χ0n) is 10.2. The molecule has 0 amide bonds. The van der Waals surface area contributed by atoms with Crippen LogP contribution in [0.15, 0.2) is 23.4 Å². The van der Waals surface area contributed by atoms with Crippen molar-refractivity contribution in [2.75, 3.05) is 0 Å². The van der Waals surface area contributed by atoms with Crippen molar-refractivity contribution in [3.63, 3.8) is 0 Å². The molecule has 0 spiro atoms. The SMILES string of the molecule is c1cnc(SC2CCCC2)c(CNC2CC2)c1. The minimum atomic E-state index is 0.777. The minimum Gasteiger partial charge on any atom is -0.310 e. The molecule has 0 radical (unpaired) electrons. The van der Waals surface area contributed by atoms with E-state index in [0.717, 1.165) is 17.8 Å². The summed E-state index contributed by atoms with van der Waals surface area (Å²) in [6.07, 6.45) is 10.2. The lowest BCUT2D eigenvalue weighted by Gasteiger charge is -2.12. The van der Waals surface area contributed by atoms with Crippen LogP contribution in [-0.2, 0) is 6.54 Å². The summed E-state index contributed by atoms with van der Waals surface area (Å²) < 4.78 is 0. The number of pyridine rings is 1. The minimum absolute atomic E-state index is 0.777. The summed E-state index contributed by atoms with van der Waals surface area (Å²) >= 11 is 2.00. The van der Waals surface area contributed by atoms with Crippen molar-refractivity contribution in [1.29, 1.82) is 0 Å². The van der Waals surface area contributed by atoms with Crippen molar-refractivity contribution in [2.24, 2.45) is 0 Å². The molecular formula is C14H20N2S. The van der Waals surface area contributed by atoms with E-state index in [9.17, 15) is 0 Å². The van der Waals surface area contributed by atoms with Crippen LogP contribution < -0.4 is 5.32 Å². The molecule has 1 heterocycles. The Morgan fingerprint density at radius 1 is 1.24 bits per heavy atom. The Bertz CT molecular complexity index is 370. The molecule has 0 unspecified atom stereocenters. The molecular weight excluding hydrogens is 228 g/mol. The molecule has 0 aromatic carbocycles. The van der Waals surface area contributed by atoms with Crippen LogP contribution >= 0.6 is 11.8 Å². The van der Waals surface area contributed by atoms with Crippen LogP contribution in [0.2, 0.25) is 0 Å². The van der Waals surface area contributed by atoms with Crippen LogP contribution in [-0.4, -0.2) is 16.3 Å². The fourth-order valence-corrected chi connectivity index (χ4v) is 3.67. The van der Waals surface area contributed by atoms with Gasteiger partial charge in [-0.1, -0.05) is 18.9 Å². The van der Waals surface area contributed by atoms with Crippen LogP contribution in [0, 0.1) is 0 Å². The fraction of sp³-hybridized carbons (Fsp3) is 0.643. The maximum absolute atomic E-state index is 4.56. The second kappa shape index (κ2) is 5.40. The third kappa shape index (κ3) is 3.23. The summed E-state index contributed by atoms with van der Waals surface area (Å²) in [5, 5.41) is 5.65. The van der Waals surface area contributed by atoms with Crippen LogP contribution in [0.1, 0.15) is 44.1 Å². The first-order valence-electron chi connectivity index (χ1n) is 6.76. The molecule has 0 saturated heterocycles. The fourth-order valence-electron chi connectivity index (χ4n) is 2.37. The van der Waals surface area contributed by atoms with Crippen molar-refractivity contribution < 1.29 is 0 Å². The van der Waals surface area contributed by atoms with Crippen LogP contribution in [0.3, 0.4) is 0 Å². The number of aromatic nitrogens is 1. The highest BCUT2D eigenvalue weighted by Gasteiger charge is 2.22. The van der Waals surface area contributed by atoms with Gasteiger partial charge in [-0.2, -0.15) is 0 Å². The second-order valence-corrected chi connectivity index (χ2v) is 6.44. The quantitative estimate of drug-likeness (QED) is 0.865. The van der Waals surface area contributed by atoms with Crippen molar-refractivity contribution in [1.82, 2.24) is 10.3 Å². The van der Waals surface area contributed by atoms with E-state index in [4.69, 9.17) is 0 Å². The van der Waals surface area contributed by atoms with Gasteiger partial charge in [-0.05, 0) is 37.3 Å². The van der Waals surface area contributed by atoms with E-state index >= 15 is 0 Å². The molecule has 2 nitrogen and oxygen atoms in total. The lowest BCUT2D eigenvalue weighted by Crippen LogP contribution is -2.16. The van der Waals surface area contributed by atoms with E-state index in [2.05, 4.69) is 22.4 Å². The van der Waals surface area contributed by atoms with Gasteiger partial charge < -0.3 is 5.32 Å². The van der Waals surface area contributed by atoms with Crippen molar-refractivity contribution >= 4 is 11.8 Å². The third-order valence-electron chi connectivity index (χ3n) is 3.59. The Hall–Kier alpha value is -0.540. The summed E-state index contributed by atoms with van der Waals surface area (Å²) in [7, 11) is 0. The molecule has 1 N–H and O–H groups in total. The van der Waals surface area contributed by atoms with Crippen LogP contribution in [0.4, 0.5) is 0 Å². The number of hydrogen-bond acceptors (Lipinski definition) is 3. The zero-order chi connectivity index (χ0) is 11.5. The van der Waals surface area contributed by atoms with Gasteiger partial charge in [0.2, 0.25) is 0 Å². The van der Waals surface area contributed by atoms with E-state index in [0.29, 0.717) is 0 Å². The van der Waals surface area contributed by atoms with E-state index in [1.807, 2.05) is 18.0 Å². The van der Waals surface area contributed by atoms with E-state index < -0.39 is 0 Å². The first-order valence-corrected chi connectivity index (χ1v) is 7.64. The monoisotopic (exact) mass is 248 g/mol. The summed E-state index contributed by atoms with van der Waals surface area (Å²) in [5.41, 5.74) is 1.39. The largest absolute Gasteiger partial charge is 0.310 e. The number of nitrogens with one attached hydrogen (secondary N) is 1. The highest BCUT2D eigenvalue weighted by Crippen LogP contribution is 2.35. The number of thioether (sulfide) groups is 1. The van der Waals surface area contributed by atoms with Gasteiger partial charge in [0, 0.05) is 24.0 Å². The second-order valence-electron chi connectivity index (χ2n) is 5.15. The molecule has 2 saturated carbocycles. The maximum Gasteiger partial charge on any atom is 0.101 e. The smallest absolute Gasteiger partial charge is 0.101 e. The van der Waals surface area contributed by atoms with Crippen molar-refractivity contribution in [2.45, 2.75) is 61.4 Å². The Morgan fingerprint density at radius 3 is 2.82 bits per heavy atom. The zero-order valence-corrected chi connectivity index (χ0v) is 11.0. The van der Waals surface area contributed by atoms with Gasteiger partial charge in [-0.3, -0.25) is 0 Å².